The molecule has 7 heteroatoms. The van der Waals surface area contributed by atoms with E-state index >= 15 is 0 Å². The summed E-state index contributed by atoms with van der Waals surface area (Å²) in [6, 6.07) is 9.03. The molecule has 1 aliphatic heterocycles. The van der Waals surface area contributed by atoms with Gasteiger partial charge in [-0.25, -0.2) is 0 Å². The largest absolute Gasteiger partial charge is 0.360 e. The minimum atomic E-state index is -0.272. The van der Waals surface area contributed by atoms with Crippen molar-refractivity contribution < 1.29 is 14.1 Å². The number of hydrogen-bond acceptors (Lipinski definition) is 4. The third-order valence-electron chi connectivity index (χ3n) is 4.70. The summed E-state index contributed by atoms with van der Waals surface area (Å²) in [6.07, 6.45) is 0. The van der Waals surface area contributed by atoms with E-state index in [9.17, 15) is 9.59 Å². The van der Waals surface area contributed by atoms with Crippen LogP contribution in [0.3, 0.4) is 0 Å². The lowest BCUT2D eigenvalue weighted by Gasteiger charge is -2.30. The van der Waals surface area contributed by atoms with E-state index in [0.29, 0.717) is 22.8 Å². The molecule has 7 nitrogen and oxygen atoms in total. The number of fused-ring (bicyclic) bond motifs is 3. The van der Waals surface area contributed by atoms with Crippen LogP contribution in [-0.4, -0.2) is 27.6 Å². The Morgan fingerprint density at radius 1 is 1.28 bits per heavy atom. The zero-order chi connectivity index (χ0) is 17.7. The molecule has 3 aromatic rings. The molecule has 25 heavy (non-hydrogen) atoms. The summed E-state index contributed by atoms with van der Waals surface area (Å²) in [5, 5.41) is 10.4. The summed E-state index contributed by atoms with van der Waals surface area (Å²) < 4.78 is 6.95. The van der Waals surface area contributed by atoms with Gasteiger partial charge in [0.15, 0.2) is 5.82 Å². The van der Waals surface area contributed by atoms with Gasteiger partial charge in [-0.15, -0.1) is 0 Å². The van der Waals surface area contributed by atoms with Gasteiger partial charge in [0.05, 0.1) is 6.04 Å². The van der Waals surface area contributed by atoms with E-state index in [1.807, 2.05) is 29.7 Å². The number of benzene rings is 1. The van der Waals surface area contributed by atoms with E-state index in [4.69, 9.17) is 4.52 Å². The molecular weight excluding hydrogens is 320 g/mol. The van der Waals surface area contributed by atoms with Crippen LogP contribution in [0.15, 0.2) is 34.9 Å². The van der Waals surface area contributed by atoms with Gasteiger partial charge in [0, 0.05) is 28.6 Å². The normalized spacial score (nSPS) is 19.6. The maximum atomic E-state index is 12.5. The number of anilines is 1. The minimum absolute atomic E-state index is 0.0196. The Labute approximate surface area is 144 Å². The molecule has 0 fully saturated rings. The number of rotatable bonds is 2. The standard InChI is InChI=1S/C18H18N4O3/c1-9-6-16(21-25-9)20-17(23)13-5-4-12-7-15-18(24)19-10(2)11(3)22(15)14(12)8-13/h4-8,10-11H,1-3H3,(H,19,24)(H,20,21,23)/t10-,11+/m0/s1. The van der Waals surface area contributed by atoms with Crippen LogP contribution in [-0.2, 0) is 0 Å². The van der Waals surface area contributed by atoms with E-state index in [2.05, 4.69) is 22.7 Å². The van der Waals surface area contributed by atoms with Gasteiger partial charge in [0.25, 0.3) is 11.8 Å². The van der Waals surface area contributed by atoms with Crippen LogP contribution in [0.1, 0.15) is 46.5 Å². The van der Waals surface area contributed by atoms with Crippen molar-refractivity contribution in [2.45, 2.75) is 32.9 Å². The summed E-state index contributed by atoms with van der Waals surface area (Å²) in [6.45, 7) is 5.79. The summed E-state index contributed by atoms with van der Waals surface area (Å²) in [5.74, 6) is 0.638. The molecule has 1 aliphatic rings. The number of hydrogen-bond donors (Lipinski definition) is 2. The molecule has 2 amide bonds. The third kappa shape index (κ3) is 2.48. The highest BCUT2D eigenvalue weighted by Crippen LogP contribution is 2.30. The number of carbonyl (C=O) groups is 2. The summed E-state index contributed by atoms with van der Waals surface area (Å²) >= 11 is 0. The summed E-state index contributed by atoms with van der Waals surface area (Å²) in [7, 11) is 0. The van der Waals surface area contributed by atoms with Crippen molar-refractivity contribution in [1.82, 2.24) is 15.0 Å². The zero-order valence-electron chi connectivity index (χ0n) is 14.2. The van der Waals surface area contributed by atoms with Crippen molar-refractivity contribution in [1.29, 1.82) is 0 Å². The van der Waals surface area contributed by atoms with E-state index in [1.54, 1.807) is 19.1 Å². The van der Waals surface area contributed by atoms with Crippen molar-refractivity contribution in [3.63, 3.8) is 0 Å². The molecule has 1 aromatic carbocycles. The number of amides is 2. The highest BCUT2D eigenvalue weighted by atomic mass is 16.5. The van der Waals surface area contributed by atoms with Crippen molar-refractivity contribution in [3.05, 3.63) is 47.3 Å². The van der Waals surface area contributed by atoms with Crippen molar-refractivity contribution >= 4 is 28.5 Å². The first kappa shape index (κ1) is 15.4. The Balaban J connectivity index is 1.75. The molecule has 0 saturated heterocycles. The van der Waals surface area contributed by atoms with E-state index in [0.717, 1.165) is 10.9 Å². The van der Waals surface area contributed by atoms with Gasteiger partial charge in [0.2, 0.25) is 0 Å². The molecule has 2 N–H and O–H groups in total. The molecule has 0 bridgehead atoms. The number of aromatic nitrogens is 2. The summed E-state index contributed by atoms with van der Waals surface area (Å²) in [4.78, 5) is 24.7. The Hall–Kier alpha value is -3.09. The number of carbonyl (C=O) groups excluding carboxylic acids is 2. The molecule has 0 unspecified atom stereocenters. The Bertz CT molecular complexity index is 1000. The maximum absolute atomic E-state index is 12.5. The Kier molecular flexibility index (Phi) is 3.38. The van der Waals surface area contributed by atoms with Crippen molar-refractivity contribution in [2.75, 3.05) is 5.32 Å². The molecule has 2 aromatic heterocycles. The predicted molar refractivity (Wildman–Crippen MR) is 92.8 cm³/mol. The lowest BCUT2D eigenvalue weighted by atomic mass is 10.1. The topological polar surface area (TPSA) is 89.2 Å². The highest BCUT2D eigenvalue weighted by Gasteiger charge is 2.29. The smallest absolute Gasteiger partial charge is 0.268 e. The number of nitrogens with zero attached hydrogens (tertiary/aromatic N) is 2. The first-order valence-corrected chi connectivity index (χ1v) is 8.14. The summed E-state index contributed by atoms with van der Waals surface area (Å²) in [5.41, 5.74) is 1.98. The molecule has 3 heterocycles. The molecule has 2 atom stereocenters. The fourth-order valence-electron chi connectivity index (χ4n) is 3.21. The maximum Gasteiger partial charge on any atom is 0.268 e. The first-order chi connectivity index (χ1) is 11.9. The van der Waals surface area contributed by atoms with Crippen LogP contribution in [0.5, 0.6) is 0 Å². The van der Waals surface area contributed by atoms with Crippen LogP contribution in [0.2, 0.25) is 0 Å². The van der Waals surface area contributed by atoms with Gasteiger partial charge < -0.3 is 19.7 Å². The lowest BCUT2D eigenvalue weighted by Crippen LogP contribution is -2.44. The predicted octanol–water partition coefficient (Wildman–Crippen LogP) is 2.88. The monoisotopic (exact) mass is 338 g/mol. The van der Waals surface area contributed by atoms with Crippen LogP contribution in [0.4, 0.5) is 5.82 Å². The van der Waals surface area contributed by atoms with Crippen LogP contribution in [0.25, 0.3) is 10.9 Å². The lowest BCUT2D eigenvalue weighted by molar-refractivity contribution is 0.0891. The van der Waals surface area contributed by atoms with E-state index in [1.165, 1.54) is 0 Å². The molecule has 0 spiro atoms. The molecule has 0 radical (unpaired) electrons. The van der Waals surface area contributed by atoms with E-state index in [-0.39, 0.29) is 23.9 Å². The molecule has 0 aliphatic carbocycles. The average molecular weight is 338 g/mol. The minimum Gasteiger partial charge on any atom is -0.360 e. The van der Waals surface area contributed by atoms with Crippen LogP contribution >= 0.6 is 0 Å². The van der Waals surface area contributed by atoms with Gasteiger partial charge in [-0.05, 0) is 39.0 Å². The second kappa shape index (κ2) is 5.47. The van der Waals surface area contributed by atoms with Gasteiger partial charge >= 0.3 is 0 Å². The average Bonchev–Trinajstić information content (AvgIpc) is 3.15. The molecular formula is C18H18N4O3. The molecule has 0 saturated carbocycles. The van der Waals surface area contributed by atoms with Gasteiger partial charge in [-0.2, -0.15) is 0 Å². The zero-order valence-corrected chi connectivity index (χ0v) is 14.2. The van der Waals surface area contributed by atoms with Gasteiger partial charge in [0.1, 0.15) is 11.5 Å². The second-order valence-electron chi connectivity index (χ2n) is 6.45. The SMILES string of the molecule is Cc1cc(NC(=O)c2ccc3cc4n(c3c2)[C@H](C)[C@H](C)NC4=O)no1. The fraction of sp³-hybridized carbons (Fsp3) is 0.278. The quantitative estimate of drug-likeness (QED) is 0.752. The second-order valence-corrected chi connectivity index (χ2v) is 6.45. The third-order valence-corrected chi connectivity index (χ3v) is 4.70. The van der Waals surface area contributed by atoms with Crippen molar-refractivity contribution in [3.8, 4) is 0 Å². The van der Waals surface area contributed by atoms with Crippen molar-refractivity contribution in [2.24, 2.45) is 0 Å². The number of aryl methyl sites for hydroxylation is 1. The number of nitrogens with one attached hydrogen (secondary N) is 2. The highest BCUT2D eigenvalue weighted by molar-refractivity contribution is 6.07. The van der Waals surface area contributed by atoms with Gasteiger partial charge in [-0.3, -0.25) is 9.59 Å². The first-order valence-electron chi connectivity index (χ1n) is 8.14. The fourth-order valence-corrected chi connectivity index (χ4v) is 3.21. The van der Waals surface area contributed by atoms with E-state index < -0.39 is 0 Å². The van der Waals surface area contributed by atoms with Crippen LogP contribution in [0, 0.1) is 6.92 Å². The van der Waals surface area contributed by atoms with Gasteiger partial charge in [-0.1, -0.05) is 11.2 Å². The Morgan fingerprint density at radius 3 is 2.80 bits per heavy atom. The molecule has 128 valence electrons. The Morgan fingerprint density at radius 2 is 2.08 bits per heavy atom. The van der Waals surface area contributed by atoms with Crippen LogP contribution < -0.4 is 10.6 Å². The molecule has 4 rings (SSSR count).